The molecule has 1 aliphatic heterocycles. The van der Waals surface area contributed by atoms with Gasteiger partial charge < -0.3 is 10.2 Å². The summed E-state index contributed by atoms with van der Waals surface area (Å²) in [6, 6.07) is 7.12. The average Bonchev–Trinajstić information content (AvgIpc) is 2.79. The summed E-state index contributed by atoms with van der Waals surface area (Å²) in [5.41, 5.74) is 1.59. The fourth-order valence-electron chi connectivity index (χ4n) is 1.97. The lowest BCUT2D eigenvalue weighted by atomic mass is 10.2. The lowest BCUT2D eigenvalue weighted by Gasteiger charge is -2.18. The number of nitrogens with zero attached hydrogens (tertiary/aromatic N) is 1. The highest BCUT2D eigenvalue weighted by Crippen LogP contribution is 2.23. The number of hydrogen-bond donors (Lipinski definition) is 1. The van der Waals surface area contributed by atoms with Crippen molar-refractivity contribution in [1.82, 2.24) is 0 Å². The minimum absolute atomic E-state index is 0.505. The summed E-state index contributed by atoms with van der Waals surface area (Å²) in [4.78, 5) is 2.24. The van der Waals surface area contributed by atoms with Gasteiger partial charge in [-0.1, -0.05) is 0 Å². The molecular weight excluding hydrogens is 229 g/mol. The van der Waals surface area contributed by atoms with Crippen molar-refractivity contribution in [1.29, 1.82) is 0 Å². The summed E-state index contributed by atoms with van der Waals surface area (Å²) in [6.45, 7) is 1.08. The molecule has 94 valence electrons. The molecule has 0 aliphatic carbocycles. The van der Waals surface area contributed by atoms with Crippen LogP contribution in [-0.2, 0) is 0 Å². The van der Waals surface area contributed by atoms with E-state index in [2.05, 4.69) is 10.2 Å². The van der Waals surface area contributed by atoms with E-state index in [1.54, 1.807) is 12.1 Å². The number of anilines is 2. The smallest absolute Gasteiger partial charge is 0.376 e. The van der Waals surface area contributed by atoms with Gasteiger partial charge in [-0.3, -0.25) is 0 Å². The lowest BCUT2D eigenvalue weighted by Crippen LogP contribution is -2.21. The first kappa shape index (κ1) is 12.1. The van der Waals surface area contributed by atoms with E-state index < -0.39 is 12.7 Å². The Morgan fingerprint density at radius 1 is 1.06 bits per heavy atom. The zero-order valence-corrected chi connectivity index (χ0v) is 9.43. The maximum atomic E-state index is 12.0. The zero-order valence-electron chi connectivity index (χ0n) is 9.43. The van der Waals surface area contributed by atoms with Crippen LogP contribution in [-0.4, -0.2) is 25.8 Å². The molecule has 0 unspecified atom stereocenters. The summed E-state index contributed by atoms with van der Waals surface area (Å²) in [5.74, 6) is 0. The van der Waals surface area contributed by atoms with E-state index in [0.717, 1.165) is 18.8 Å². The molecule has 17 heavy (non-hydrogen) atoms. The second-order valence-electron chi connectivity index (χ2n) is 4.21. The molecule has 1 fully saturated rings. The van der Waals surface area contributed by atoms with E-state index in [4.69, 9.17) is 0 Å². The second-order valence-corrected chi connectivity index (χ2v) is 4.21. The molecule has 1 N–H and O–H groups in total. The van der Waals surface area contributed by atoms with Gasteiger partial charge >= 0.3 is 6.18 Å². The summed E-state index contributed by atoms with van der Waals surface area (Å²) in [7, 11) is 0. The highest BCUT2D eigenvalue weighted by atomic mass is 19.4. The van der Waals surface area contributed by atoms with Crippen LogP contribution in [0.15, 0.2) is 24.3 Å². The predicted octanol–water partition coefficient (Wildman–Crippen LogP) is 3.26. The van der Waals surface area contributed by atoms with Crippen LogP contribution in [0.3, 0.4) is 0 Å². The molecule has 1 aromatic carbocycles. The van der Waals surface area contributed by atoms with Gasteiger partial charge in [0.1, 0.15) is 6.54 Å². The largest absolute Gasteiger partial charge is 0.405 e. The third-order valence-corrected chi connectivity index (χ3v) is 2.83. The number of rotatable bonds is 3. The van der Waals surface area contributed by atoms with Crippen molar-refractivity contribution in [3.63, 3.8) is 0 Å². The van der Waals surface area contributed by atoms with Crippen molar-refractivity contribution in [3.05, 3.63) is 24.3 Å². The van der Waals surface area contributed by atoms with Crippen LogP contribution in [0.4, 0.5) is 24.5 Å². The lowest BCUT2D eigenvalue weighted by molar-refractivity contribution is -0.115. The summed E-state index contributed by atoms with van der Waals surface area (Å²) in [5, 5.41) is 2.36. The maximum absolute atomic E-state index is 12.0. The van der Waals surface area contributed by atoms with Crippen LogP contribution in [0.25, 0.3) is 0 Å². The van der Waals surface area contributed by atoms with Crippen molar-refractivity contribution in [2.45, 2.75) is 19.0 Å². The predicted molar refractivity (Wildman–Crippen MR) is 62.4 cm³/mol. The van der Waals surface area contributed by atoms with Gasteiger partial charge in [-0.05, 0) is 37.1 Å². The monoisotopic (exact) mass is 244 g/mol. The fraction of sp³-hybridized carbons (Fsp3) is 0.500. The van der Waals surface area contributed by atoms with Crippen LogP contribution < -0.4 is 10.2 Å². The molecular formula is C12H15F3N2. The molecule has 1 heterocycles. The van der Waals surface area contributed by atoms with E-state index in [1.807, 2.05) is 12.1 Å². The Bertz CT molecular complexity index is 353. The Morgan fingerprint density at radius 3 is 2.18 bits per heavy atom. The first-order valence-electron chi connectivity index (χ1n) is 5.70. The van der Waals surface area contributed by atoms with Crippen molar-refractivity contribution in [2.75, 3.05) is 29.9 Å². The molecule has 1 aliphatic rings. The molecule has 0 aromatic heterocycles. The van der Waals surface area contributed by atoms with Gasteiger partial charge in [0.05, 0.1) is 0 Å². The number of nitrogens with one attached hydrogen (secondary N) is 1. The van der Waals surface area contributed by atoms with E-state index in [1.165, 1.54) is 12.8 Å². The van der Waals surface area contributed by atoms with Crippen LogP contribution in [0.5, 0.6) is 0 Å². The van der Waals surface area contributed by atoms with E-state index in [0.29, 0.717) is 5.69 Å². The quantitative estimate of drug-likeness (QED) is 0.878. The van der Waals surface area contributed by atoms with Crippen molar-refractivity contribution < 1.29 is 13.2 Å². The number of halogens is 3. The van der Waals surface area contributed by atoms with Gasteiger partial charge in [-0.15, -0.1) is 0 Å². The molecule has 0 spiro atoms. The Balaban J connectivity index is 1.93. The SMILES string of the molecule is FC(F)(F)CNc1ccc(N2CCCC2)cc1. The van der Waals surface area contributed by atoms with E-state index in [9.17, 15) is 13.2 Å². The van der Waals surface area contributed by atoms with Gasteiger partial charge in [0, 0.05) is 24.5 Å². The molecule has 0 bridgehead atoms. The van der Waals surface area contributed by atoms with Crippen LogP contribution in [0.2, 0.25) is 0 Å². The summed E-state index contributed by atoms with van der Waals surface area (Å²) >= 11 is 0. The Morgan fingerprint density at radius 2 is 1.65 bits per heavy atom. The van der Waals surface area contributed by atoms with Gasteiger partial charge in [-0.2, -0.15) is 13.2 Å². The maximum Gasteiger partial charge on any atom is 0.405 e. The molecule has 5 heteroatoms. The fourth-order valence-corrected chi connectivity index (χ4v) is 1.97. The van der Waals surface area contributed by atoms with Gasteiger partial charge in [0.15, 0.2) is 0 Å². The first-order valence-corrected chi connectivity index (χ1v) is 5.70. The normalized spacial score (nSPS) is 16.3. The second kappa shape index (κ2) is 4.85. The third kappa shape index (κ3) is 3.54. The first-order chi connectivity index (χ1) is 8.04. The van der Waals surface area contributed by atoms with Crippen molar-refractivity contribution in [3.8, 4) is 0 Å². The van der Waals surface area contributed by atoms with Gasteiger partial charge in [-0.25, -0.2) is 0 Å². The summed E-state index contributed by atoms with van der Waals surface area (Å²) < 4.78 is 36.0. The summed E-state index contributed by atoms with van der Waals surface area (Å²) in [6.07, 6.45) is -1.80. The van der Waals surface area contributed by atoms with E-state index in [-0.39, 0.29) is 0 Å². The van der Waals surface area contributed by atoms with Crippen molar-refractivity contribution in [2.24, 2.45) is 0 Å². The minimum Gasteiger partial charge on any atom is -0.376 e. The molecule has 2 nitrogen and oxygen atoms in total. The zero-order chi connectivity index (χ0) is 12.3. The average molecular weight is 244 g/mol. The van der Waals surface area contributed by atoms with Crippen LogP contribution >= 0.6 is 0 Å². The minimum atomic E-state index is -4.17. The molecule has 0 atom stereocenters. The third-order valence-electron chi connectivity index (χ3n) is 2.83. The standard InChI is InChI=1S/C12H15F3N2/c13-12(14,15)9-16-10-3-5-11(6-4-10)17-7-1-2-8-17/h3-6,16H,1-2,7-9H2. The molecule has 1 saturated heterocycles. The van der Waals surface area contributed by atoms with Crippen LogP contribution in [0.1, 0.15) is 12.8 Å². The van der Waals surface area contributed by atoms with Crippen LogP contribution in [0, 0.1) is 0 Å². The number of hydrogen-bond acceptors (Lipinski definition) is 2. The topological polar surface area (TPSA) is 15.3 Å². The van der Waals surface area contributed by atoms with E-state index >= 15 is 0 Å². The number of alkyl halides is 3. The Hall–Kier alpha value is -1.39. The molecule has 1 aromatic rings. The molecule has 0 saturated carbocycles. The Labute approximate surface area is 98.4 Å². The molecule has 0 amide bonds. The number of benzene rings is 1. The van der Waals surface area contributed by atoms with Crippen molar-refractivity contribution >= 4 is 11.4 Å². The molecule has 2 rings (SSSR count). The van der Waals surface area contributed by atoms with Gasteiger partial charge in [0.2, 0.25) is 0 Å². The highest BCUT2D eigenvalue weighted by Gasteiger charge is 2.26. The highest BCUT2D eigenvalue weighted by molar-refractivity contribution is 5.55. The Kier molecular flexibility index (Phi) is 3.45. The van der Waals surface area contributed by atoms with Gasteiger partial charge in [0.25, 0.3) is 0 Å². The molecule has 0 radical (unpaired) electrons.